The van der Waals surface area contributed by atoms with Crippen LogP contribution in [0.1, 0.15) is 12.8 Å². The van der Waals surface area contributed by atoms with Gasteiger partial charge in [0.2, 0.25) is 5.95 Å². The van der Waals surface area contributed by atoms with Gasteiger partial charge in [0.1, 0.15) is 0 Å². The number of nitrogens with two attached hydrogens (primary N) is 1. The van der Waals surface area contributed by atoms with Crippen LogP contribution in [0.15, 0.2) is 12.4 Å². The van der Waals surface area contributed by atoms with Crippen LogP contribution in [-0.4, -0.2) is 29.1 Å². The molecule has 0 spiro atoms. The summed E-state index contributed by atoms with van der Waals surface area (Å²) in [6, 6.07) is 0.270. The first-order chi connectivity index (χ1) is 6.75. The van der Waals surface area contributed by atoms with E-state index in [0.717, 1.165) is 35.4 Å². The van der Waals surface area contributed by atoms with E-state index in [4.69, 9.17) is 5.73 Å². The van der Waals surface area contributed by atoms with Crippen molar-refractivity contribution >= 4 is 28.5 Å². The van der Waals surface area contributed by atoms with Crippen molar-refractivity contribution in [3.63, 3.8) is 0 Å². The quantitative estimate of drug-likeness (QED) is 0.787. The summed E-state index contributed by atoms with van der Waals surface area (Å²) in [5.74, 6) is 0.806. The molecule has 0 radical (unpaired) electrons. The first kappa shape index (κ1) is 10.1. The Hall–Kier alpha value is -0.430. The number of hydrogen-bond acceptors (Lipinski definition) is 4. The molecule has 4 nitrogen and oxygen atoms in total. The summed E-state index contributed by atoms with van der Waals surface area (Å²) in [6.45, 7) is 1.90. The molecule has 1 aliphatic rings. The second kappa shape index (κ2) is 4.39. The lowest BCUT2D eigenvalue weighted by molar-refractivity contribution is 0.499. The molecule has 0 amide bonds. The molecule has 1 atom stereocenters. The lowest BCUT2D eigenvalue weighted by atomic mass is 10.1. The number of piperidine rings is 1. The van der Waals surface area contributed by atoms with Crippen molar-refractivity contribution in [3.05, 3.63) is 16.0 Å². The third kappa shape index (κ3) is 2.33. The molecule has 1 aliphatic heterocycles. The van der Waals surface area contributed by atoms with E-state index in [-0.39, 0.29) is 6.04 Å². The van der Waals surface area contributed by atoms with Crippen LogP contribution in [0, 0.1) is 3.57 Å². The van der Waals surface area contributed by atoms with E-state index in [2.05, 4.69) is 37.5 Å². The number of anilines is 1. The van der Waals surface area contributed by atoms with Crippen LogP contribution >= 0.6 is 22.6 Å². The van der Waals surface area contributed by atoms with E-state index in [1.165, 1.54) is 0 Å². The van der Waals surface area contributed by atoms with Gasteiger partial charge in [0.15, 0.2) is 0 Å². The maximum atomic E-state index is 5.89. The lowest BCUT2D eigenvalue weighted by Gasteiger charge is -2.30. The van der Waals surface area contributed by atoms with E-state index in [9.17, 15) is 0 Å². The third-order valence-electron chi connectivity index (χ3n) is 2.35. The van der Waals surface area contributed by atoms with Gasteiger partial charge in [-0.2, -0.15) is 0 Å². The summed E-state index contributed by atoms with van der Waals surface area (Å²) in [4.78, 5) is 10.7. The summed E-state index contributed by atoms with van der Waals surface area (Å²) in [5.41, 5.74) is 5.89. The maximum Gasteiger partial charge on any atom is 0.225 e. The van der Waals surface area contributed by atoms with Gasteiger partial charge in [-0.3, -0.25) is 0 Å². The molecular weight excluding hydrogens is 291 g/mol. The molecule has 0 aromatic carbocycles. The van der Waals surface area contributed by atoms with Crippen molar-refractivity contribution in [1.82, 2.24) is 9.97 Å². The van der Waals surface area contributed by atoms with Crippen molar-refractivity contribution in [2.75, 3.05) is 18.0 Å². The number of aromatic nitrogens is 2. The van der Waals surface area contributed by atoms with Crippen LogP contribution < -0.4 is 10.6 Å². The molecule has 76 valence electrons. The zero-order valence-corrected chi connectivity index (χ0v) is 10.0. The van der Waals surface area contributed by atoms with Crippen LogP contribution in [0.5, 0.6) is 0 Å². The van der Waals surface area contributed by atoms with Crippen molar-refractivity contribution in [3.8, 4) is 0 Å². The van der Waals surface area contributed by atoms with E-state index < -0.39 is 0 Å². The van der Waals surface area contributed by atoms with Crippen LogP contribution in [0.2, 0.25) is 0 Å². The van der Waals surface area contributed by atoms with Gasteiger partial charge in [-0.05, 0) is 35.4 Å². The van der Waals surface area contributed by atoms with Crippen LogP contribution in [0.4, 0.5) is 5.95 Å². The molecular formula is C9H13IN4. The largest absolute Gasteiger partial charge is 0.339 e. The van der Waals surface area contributed by atoms with Crippen molar-refractivity contribution in [1.29, 1.82) is 0 Å². The first-order valence-corrected chi connectivity index (χ1v) is 5.81. The SMILES string of the molecule is NC1CCCN(c2ncc(I)cn2)C1. The van der Waals surface area contributed by atoms with Gasteiger partial charge >= 0.3 is 0 Å². The Kier molecular flexibility index (Phi) is 3.17. The van der Waals surface area contributed by atoms with Gasteiger partial charge in [-0.15, -0.1) is 0 Å². The van der Waals surface area contributed by atoms with Crippen molar-refractivity contribution < 1.29 is 0 Å². The van der Waals surface area contributed by atoms with Gasteiger partial charge in [-0.25, -0.2) is 9.97 Å². The minimum Gasteiger partial charge on any atom is -0.339 e. The van der Waals surface area contributed by atoms with Gasteiger partial charge in [0, 0.05) is 35.1 Å². The summed E-state index contributed by atoms with van der Waals surface area (Å²) in [7, 11) is 0. The first-order valence-electron chi connectivity index (χ1n) is 4.74. The molecule has 1 aromatic heterocycles. The topological polar surface area (TPSA) is 55.0 Å². The molecule has 0 saturated carbocycles. The molecule has 2 heterocycles. The van der Waals surface area contributed by atoms with Crippen molar-refractivity contribution in [2.45, 2.75) is 18.9 Å². The fraction of sp³-hybridized carbons (Fsp3) is 0.556. The predicted molar refractivity (Wildman–Crippen MR) is 64.2 cm³/mol. The van der Waals surface area contributed by atoms with Gasteiger partial charge in [-0.1, -0.05) is 0 Å². The Morgan fingerprint density at radius 2 is 2.14 bits per heavy atom. The van der Waals surface area contributed by atoms with Crippen LogP contribution in [0.3, 0.4) is 0 Å². The minimum absolute atomic E-state index is 0.270. The Bertz CT molecular complexity index is 300. The average Bonchev–Trinajstić information content (AvgIpc) is 2.19. The smallest absolute Gasteiger partial charge is 0.225 e. The molecule has 0 bridgehead atoms. The van der Waals surface area contributed by atoms with E-state index >= 15 is 0 Å². The van der Waals surface area contributed by atoms with E-state index in [1.54, 1.807) is 0 Å². The number of halogens is 1. The van der Waals surface area contributed by atoms with Gasteiger partial charge in [0.05, 0.1) is 0 Å². The Morgan fingerprint density at radius 3 is 2.79 bits per heavy atom. The average molecular weight is 304 g/mol. The van der Waals surface area contributed by atoms with Crippen molar-refractivity contribution in [2.24, 2.45) is 5.73 Å². The highest BCUT2D eigenvalue weighted by Crippen LogP contribution is 2.14. The predicted octanol–water partition coefficient (Wildman–Crippen LogP) is 1.01. The third-order valence-corrected chi connectivity index (χ3v) is 2.90. The molecule has 0 aliphatic carbocycles. The second-order valence-corrected chi connectivity index (χ2v) is 4.80. The summed E-state index contributed by atoms with van der Waals surface area (Å²) in [5, 5.41) is 0. The summed E-state index contributed by atoms with van der Waals surface area (Å²) < 4.78 is 1.06. The van der Waals surface area contributed by atoms with E-state index in [0.29, 0.717) is 0 Å². The number of nitrogens with zero attached hydrogens (tertiary/aromatic N) is 3. The molecule has 2 N–H and O–H groups in total. The molecule has 14 heavy (non-hydrogen) atoms. The van der Waals surface area contributed by atoms with Gasteiger partial charge < -0.3 is 10.6 Å². The lowest BCUT2D eigenvalue weighted by Crippen LogP contribution is -2.43. The summed E-state index contributed by atoms with van der Waals surface area (Å²) >= 11 is 2.20. The van der Waals surface area contributed by atoms with E-state index in [1.807, 2.05) is 12.4 Å². The van der Waals surface area contributed by atoms with Gasteiger partial charge in [0.25, 0.3) is 0 Å². The van der Waals surface area contributed by atoms with Crippen LogP contribution in [-0.2, 0) is 0 Å². The molecule has 1 aromatic rings. The Morgan fingerprint density at radius 1 is 1.43 bits per heavy atom. The Labute approximate surface area is 97.1 Å². The standard InChI is InChI=1S/C9H13IN4/c10-7-4-12-9(13-5-7)14-3-1-2-8(11)6-14/h4-5,8H,1-3,6,11H2. The second-order valence-electron chi connectivity index (χ2n) is 3.55. The highest BCUT2D eigenvalue weighted by molar-refractivity contribution is 14.1. The molecule has 5 heteroatoms. The van der Waals surface area contributed by atoms with Crippen LogP contribution in [0.25, 0.3) is 0 Å². The number of rotatable bonds is 1. The maximum absolute atomic E-state index is 5.89. The number of hydrogen-bond donors (Lipinski definition) is 1. The Balaban J connectivity index is 2.10. The highest BCUT2D eigenvalue weighted by Gasteiger charge is 2.18. The molecule has 1 unspecified atom stereocenters. The fourth-order valence-electron chi connectivity index (χ4n) is 1.66. The monoisotopic (exact) mass is 304 g/mol. The minimum atomic E-state index is 0.270. The molecule has 1 fully saturated rings. The zero-order valence-electron chi connectivity index (χ0n) is 7.86. The molecule has 1 saturated heterocycles. The fourth-order valence-corrected chi connectivity index (χ4v) is 1.94. The zero-order chi connectivity index (χ0) is 9.97. The summed E-state index contributed by atoms with van der Waals surface area (Å²) in [6.07, 6.45) is 5.92. The highest BCUT2D eigenvalue weighted by atomic mass is 127. The molecule has 2 rings (SSSR count). The normalized spacial score (nSPS) is 22.4.